The standard InChI is InChI=1S/C19H22N4OS/c1-4-23-7-5-19(6-8-23)13(10-20)17(21)24-15-14-11(2)9-12(3)22-18(14)25-16(15)19/h9H,4-8,21H2,1-3H3/p+1. The summed E-state index contributed by atoms with van der Waals surface area (Å²) in [6.45, 7) is 9.53. The van der Waals surface area contributed by atoms with Gasteiger partial charge in [-0.15, -0.1) is 11.3 Å². The first-order valence-electron chi connectivity index (χ1n) is 8.83. The summed E-state index contributed by atoms with van der Waals surface area (Å²) in [6.07, 6.45) is 1.86. The number of nitriles is 1. The Hall–Kier alpha value is -2.10. The van der Waals surface area contributed by atoms with Gasteiger partial charge in [0.05, 0.1) is 35.3 Å². The van der Waals surface area contributed by atoms with Gasteiger partial charge in [-0.25, -0.2) is 4.98 Å². The SMILES string of the molecule is CC[NH+]1CCC2(CC1)C(C#N)=C(N)Oc1c2sc2nc(C)cc(C)c12. The van der Waals surface area contributed by atoms with E-state index in [2.05, 4.69) is 26.0 Å². The summed E-state index contributed by atoms with van der Waals surface area (Å²) in [5.74, 6) is 1.11. The number of ether oxygens (including phenoxy) is 1. The molecule has 0 aliphatic carbocycles. The van der Waals surface area contributed by atoms with Crippen LogP contribution in [0, 0.1) is 25.2 Å². The van der Waals surface area contributed by atoms with Gasteiger partial charge in [-0.3, -0.25) is 0 Å². The largest absolute Gasteiger partial charge is 0.439 e. The topological polar surface area (TPSA) is 76.4 Å². The minimum atomic E-state index is -0.309. The average Bonchev–Trinajstić information content (AvgIpc) is 2.95. The van der Waals surface area contributed by atoms with Crippen molar-refractivity contribution in [2.45, 2.75) is 39.0 Å². The second kappa shape index (κ2) is 5.72. The van der Waals surface area contributed by atoms with Crippen LogP contribution in [-0.4, -0.2) is 24.6 Å². The lowest BCUT2D eigenvalue weighted by Crippen LogP contribution is -3.13. The fourth-order valence-electron chi connectivity index (χ4n) is 4.35. The van der Waals surface area contributed by atoms with E-state index in [1.165, 1.54) is 0 Å². The molecule has 0 radical (unpaired) electrons. The summed E-state index contributed by atoms with van der Waals surface area (Å²) in [6, 6.07) is 4.44. The predicted octanol–water partition coefficient (Wildman–Crippen LogP) is 1.94. The first-order valence-corrected chi connectivity index (χ1v) is 9.64. The highest BCUT2D eigenvalue weighted by atomic mass is 32.1. The molecule has 2 aliphatic rings. The van der Waals surface area contributed by atoms with Crippen molar-refractivity contribution >= 4 is 21.6 Å². The third kappa shape index (κ3) is 2.26. The number of nitrogens with two attached hydrogens (primary N) is 1. The summed E-state index contributed by atoms with van der Waals surface area (Å²) in [4.78, 5) is 8.43. The highest BCUT2D eigenvalue weighted by Crippen LogP contribution is 2.54. The zero-order valence-corrected chi connectivity index (χ0v) is 15.7. The minimum absolute atomic E-state index is 0.273. The number of aryl methyl sites for hydroxylation is 2. The molecular formula is C19H23N4OS+. The van der Waals surface area contributed by atoms with Crippen molar-refractivity contribution in [2.75, 3.05) is 19.6 Å². The van der Waals surface area contributed by atoms with Crippen LogP contribution in [0.2, 0.25) is 0 Å². The number of allylic oxidation sites excluding steroid dienone is 1. The molecular weight excluding hydrogens is 332 g/mol. The Kier molecular flexibility index (Phi) is 3.75. The number of quaternary nitrogens is 1. The molecule has 25 heavy (non-hydrogen) atoms. The van der Waals surface area contributed by atoms with Crippen molar-refractivity contribution < 1.29 is 9.64 Å². The molecule has 4 heterocycles. The number of rotatable bonds is 1. The summed E-state index contributed by atoms with van der Waals surface area (Å²) in [5.41, 5.74) is 8.68. The van der Waals surface area contributed by atoms with Crippen LogP contribution >= 0.6 is 11.3 Å². The van der Waals surface area contributed by atoms with E-state index in [4.69, 9.17) is 15.5 Å². The van der Waals surface area contributed by atoms with Crippen molar-refractivity contribution in [1.82, 2.24) is 4.98 Å². The van der Waals surface area contributed by atoms with Gasteiger partial charge in [0.1, 0.15) is 16.5 Å². The number of fused-ring (bicyclic) bond motifs is 4. The van der Waals surface area contributed by atoms with E-state index in [-0.39, 0.29) is 11.3 Å². The van der Waals surface area contributed by atoms with Crippen molar-refractivity contribution in [3.05, 3.63) is 33.7 Å². The molecule has 0 unspecified atom stereocenters. The van der Waals surface area contributed by atoms with E-state index in [0.717, 1.165) is 64.6 Å². The van der Waals surface area contributed by atoms with Gasteiger partial charge < -0.3 is 15.4 Å². The lowest BCUT2D eigenvalue weighted by Gasteiger charge is -2.41. The Labute approximate surface area is 151 Å². The molecule has 2 aliphatic heterocycles. The highest BCUT2D eigenvalue weighted by Gasteiger charge is 2.49. The number of hydrogen-bond donors (Lipinski definition) is 2. The number of hydrogen-bond acceptors (Lipinski definition) is 5. The van der Waals surface area contributed by atoms with Crippen LogP contribution in [-0.2, 0) is 5.41 Å². The van der Waals surface area contributed by atoms with Gasteiger partial charge in [-0.05, 0) is 32.4 Å². The van der Waals surface area contributed by atoms with E-state index < -0.39 is 0 Å². The fraction of sp³-hybridized carbons (Fsp3) is 0.474. The second-order valence-corrected chi connectivity index (χ2v) is 8.16. The molecule has 5 nitrogen and oxygen atoms in total. The van der Waals surface area contributed by atoms with E-state index in [1.54, 1.807) is 16.2 Å². The molecule has 2 aromatic rings. The Bertz CT molecular complexity index is 929. The van der Waals surface area contributed by atoms with Crippen molar-refractivity contribution in [1.29, 1.82) is 5.26 Å². The average molecular weight is 355 g/mol. The summed E-state index contributed by atoms with van der Waals surface area (Å²) in [5, 5.41) is 10.9. The molecule has 1 spiro atoms. The number of nitrogens with one attached hydrogen (secondary N) is 1. The maximum absolute atomic E-state index is 9.82. The quantitative estimate of drug-likeness (QED) is 0.820. The summed E-state index contributed by atoms with van der Waals surface area (Å²) in [7, 11) is 0. The molecule has 0 aromatic carbocycles. The number of nitrogens with zero attached hydrogens (tertiary/aromatic N) is 2. The molecule has 0 bridgehead atoms. The third-order valence-corrected chi connectivity index (χ3v) is 7.01. The zero-order valence-electron chi connectivity index (χ0n) is 14.9. The number of pyridine rings is 1. The molecule has 2 aromatic heterocycles. The van der Waals surface area contributed by atoms with Crippen LogP contribution in [0.4, 0.5) is 0 Å². The van der Waals surface area contributed by atoms with Crippen LogP contribution in [0.5, 0.6) is 5.75 Å². The van der Waals surface area contributed by atoms with Crippen molar-refractivity contribution in [2.24, 2.45) is 5.73 Å². The van der Waals surface area contributed by atoms with Crippen molar-refractivity contribution in [3.63, 3.8) is 0 Å². The first-order chi connectivity index (χ1) is 12.0. The highest BCUT2D eigenvalue weighted by molar-refractivity contribution is 7.19. The Morgan fingerprint density at radius 2 is 2.12 bits per heavy atom. The molecule has 6 heteroatoms. The normalized spacial score (nSPS) is 25.8. The van der Waals surface area contributed by atoms with Gasteiger partial charge in [0.25, 0.3) is 0 Å². The Morgan fingerprint density at radius 3 is 2.76 bits per heavy atom. The van der Waals surface area contributed by atoms with E-state index in [1.807, 2.05) is 6.92 Å². The summed E-state index contributed by atoms with van der Waals surface area (Å²) < 4.78 is 5.99. The van der Waals surface area contributed by atoms with Crippen LogP contribution in [0.1, 0.15) is 35.9 Å². The van der Waals surface area contributed by atoms with Gasteiger partial charge in [-0.1, -0.05) is 0 Å². The van der Waals surface area contributed by atoms with Gasteiger partial charge in [-0.2, -0.15) is 5.26 Å². The Morgan fingerprint density at radius 1 is 1.40 bits per heavy atom. The molecule has 4 rings (SSSR count). The molecule has 0 saturated carbocycles. The van der Waals surface area contributed by atoms with Gasteiger partial charge in [0, 0.05) is 18.5 Å². The monoisotopic (exact) mass is 355 g/mol. The van der Waals surface area contributed by atoms with Gasteiger partial charge in [0.2, 0.25) is 5.88 Å². The minimum Gasteiger partial charge on any atom is -0.439 e. The number of aromatic nitrogens is 1. The fourth-order valence-corrected chi connectivity index (χ4v) is 5.83. The Balaban J connectivity index is 1.96. The molecule has 1 saturated heterocycles. The van der Waals surface area contributed by atoms with Gasteiger partial charge >= 0.3 is 0 Å². The lowest BCUT2D eigenvalue weighted by molar-refractivity contribution is -0.904. The number of piperidine rings is 1. The molecule has 0 atom stereocenters. The molecule has 1 fully saturated rings. The first kappa shape index (κ1) is 16.4. The lowest BCUT2D eigenvalue weighted by atomic mass is 9.70. The maximum atomic E-state index is 9.82. The molecule has 0 amide bonds. The third-order valence-electron chi connectivity index (χ3n) is 5.74. The van der Waals surface area contributed by atoms with Crippen LogP contribution in [0.3, 0.4) is 0 Å². The number of likely N-dealkylation sites (tertiary alicyclic amines) is 1. The van der Waals surface area contributed by atoms with Crippen LogP contribution in [0.25, 0.3) is 10.2 Å². The van der Waals surface area contributed by atoms with E-state index in [0.29, 0.717) is 5.57 Å². The van der Waals surface area contributed by atoms with Gasteiger partial charge in [0.15, 0.2) is 5.75 Å². The van der Waals surface area contributed by atoms with E-state index >= 15 is 0 Å². The molecule has 3 N–H and O–H groups in total. The summed E-state index contributed by atoms with van der Waals surface area (Å²) >= 11 is 1.68. The maximum Gasteiger partial charge on any atom is 0.205 e. The number of thiophene rings is 1. The van der Waals surface area contributed by atoms with Crippen molar-refractivity contribution in [3.8, 4) is 11.8 Å². The molecule has 130 valence electrons. The predicted molar refractivity (Wildman–Crippen MR) is 98.7 cm³/mol. The second-order valence-electron chi connectivity index (χ2n) is 7.16. The van der Waals surface area contributed by atoms with E-state index in [9.17, 15) is 5.26 Å². The van der Waals surface area contributed by atoms with Crippen LogP contribution < -0.4 is 15.4 Å². The smallest absolute Gasteiger partial charge is 0.205 e. The van der Waals surface area contributed by atoms with Crippen LogP contribution in [0.15, 0.2) is 17.5 Å². The zero-order chi connectivity index (χ0) is 17.8.